The first-order chi connectivity index (χ1) is 7.31. The molecule has 0 saturated heterocycles. The Balaban J connectivity index is 2.18. The molecule has 0 aromatic heterocycles. The van der Waals surface area contributed by atoms with Gasteiger partial charge in [0.05, 0.1) is 6.61 Å². The fourth-order valence-electron chi connectivity index (χ4n) is 1.97. The van der Waals surface area contributed by atoms with Gasteiger partial charge in [0.15, 0.2) is 0 Å². The van der Waals surface area contributed by atoms with Gasteiger partial charge in [-0.25, -0.2) is 0 Å². The number of hydrogen-bond acceptors (Lipinski definition) is 3. The Labute approximate surface area is 94.2 Å². The Bertz CT molecular complexity index is 160. The average molecular weight is 214 g/mol. The van der Waals surface area contributed by atoms with Gasteiger partial charge < -0.3 is 10.1 Å². The molecule has 1 rings (SSSR count). The van der Waals surface area contributed by atoms with Crippen LogP contribution < -0.4 is 5.32 Å². The van der Waals surface area contributed by atoms with Crippen molar-refractivity contribution in [1.82, 2.24) is 10.2 Å². The van der Waals surface area contributed by atoms with Gasteiger partial charge in [0, 0.05) is 25.7 Å². The van der Waals surface area contributed by atoms with E-state index in [0.29, 0.717) is 6.04 Å². The van der Waals surface area contributed by atoms with Gasteiger partial charge >= 0.3 is 0 Å². The third kappa shape index (κ3) is 4.96. The normalized spacial score (nSPS) is 18.4. The van der Waals surface area contributed by atoms with Crippen LogP contribution >= 0.6 is 0 Å². The lowest BCUT2D eigenvalue weighted by Crippen LogP contribution is -2.42. The standard InChI is InChI=1S/C12H26N2O/c1-4-14(8-9-15-5-2)10-12(13-3)11-6-7-11/h11-13H,4-10H2,1-3H3. The van der Waals surface area contributed by atoms with Gasteiger partial charge in [0.2, 0.25) is 0 Å². The van der Waals surface area contributed by atoms with Gasteiger partial charge in [-0.05, 0) is 39.3 Å². The van der Waals surface area contributed by atoms with E-state index in [4.69, 9.17) is 4.74 Å². The maximum atomic E-state index is 5.40. The molecule has 1 unspecified atom stereocenters. The molecule has 0 aromatic carbocycles. The summed E-state index contributed by atoms with van der Waals surface area (Å²) in [4.78, 5) is 2.48. The van der Waals surface area contributed by atoms with Gasteiger partial charge in [-0.3, -0.25) is 4.90 Å². The van der Waals surface area contributed by atoms with Crippen LogP contribution in [0.25, 0.3) is 0 Å². The van der Waals surface area contributed by atoms with Crippen LogP contribution in [-0.4, -0.2) is 50.8 Å². The molecule has 90 valence electrons. The van der Waals surface area contributed by atoms with E-state index < -0.39 is 0 Å². The summed E-state index contributed by atoms with van der Waals surface area (Å²) in [5.41, 5.74) is 0. The Kier molecular flexibility index (Phi) is 6.22. The van der Waals surface area contributed by atoms with Crippen LogP contribution in [0, 0.1) is 5.92 Å². The molecule has 0 aromatic rings. The van der Waals surface area contributed by atoms with Gasteiger partial charge in [-0.2, -0.15) is 0 Å². The molecule has 3 heteroatoms. The summed E-state index contributed by atoms with van der Waals surface area (Å²) < 4.78 is 5.40. The average Bonchev–Trinajstić information content (AvgIpc) is 3.07. The largest absolute Gasteiger partial charge is 0.380 e. The first-order valence-electron chi connectivity index (χ1n) is 6.29. The smallest absolute Gasteiger partial charge is 0.0593 e. The fourth-order valence-corrected chi connectivity index (χ4v) is 1.97. The summed E-state index contributed by atoms with van der Waals surface area (Å²) in [5, 5.41) is 3.44. The third-order valence-corrected chi connectivity index (χ3v) is 3.22. The van der Waals surface area contributed by atoms with Crippen molar-refractivity contribution in [1.29, 1.82) is 0 Å². The van der Waals surface area contributed by atoms with Gasteiger partial charge in [0.25, 0.3) is 0 Å². The zero-order valence-corrected chi connectivity index (χ0v) is 10.5. The van der Waals surface area contributed by atoms with Crippen LogP contribution in [0.2, 0.25) is 0 Å². The van der Waals surface area contributed by atoms with E-state index in [9.17, 15) is 0 Å². The summed E-state index contributed by atoms with van der Waals surface area (Å²) in [6.07, 6.45) is 2.82. The highest BCUT2D eigenvalue weighted by Crippen LogP contribution is 2.32. The second-order valence-electron chi connectivity index (χ2n) is 4.32. The quantitative estimate of drug-likeness (QED) is 0.586. The molecule has 0 bridgehead atoms. The molecule has 1 atom stereocenters. The summed E-state index contributed by atoms with van der Waals surface area (Å²) in [6, 6.07) is 0.687. The minimum absolute atomic E-state index is 0.687. The summed E-state index contributed by atoms with van der Waals surface area (Å²) >= 11 is 0. The highest BCUT2D eigenvalue weighted by molar-refractivity contribution is 4.87. The molecule has 1 saturated carbocycles. The van der Waals surface area contributed by atoms with Crippen LogP contribution in [0.15, 0.2) is 0 Å². The highest BCUT2D eigenvalue weighted by Gasteiger charge is 2.30. The number of rotatable bonds is 9. The molecule has 15 heavy (non-hydrogen) atoms. The molecule has 1 fully saturated rings. The molecule has 1 aliphatic carbocycles. The second-order valence-corrected chi connectivity index (χ2v) is 4.32. The summed E-state index contributed by atoms with van der Waals surface area (Å²) in [7, 11) is 2.08. The molecule has 0 amide bonds. The second kappa shape index (κ2) is 7.20. The van der Waals surface area contributed by atoms with Gasteiger partial charge in [-0.15, -0.1) is 0 Å². The molecular formula is C12H26N2O. The number of hydrogen-bond donors (Lipinski definition) is 1. The molecule has 0 spiro atoms. The number of nitrogens with zero attached hydrogens (tertiary/aromatic N) is 1. The molecule has 3 nitrogen and oxygen atoms in total. The topological polar surface area (TPSA) is 24.5 Å². The minimum Gasteiger partial charge on any atom is -0.380 e. The fraction of sp³-hybridized carbons (Fsp3) is 1.00. The number of ether oxygens (including phenoxy) is 1. The van der Waals surface area contributed by atoms with E-state index in [1.165, 1.54) is 19.4 Å². The number of likely N-dealkylation sites (N-methyl/N-ethyl adjacent to an activating group) is 2. The third-order valence-electron chi connectivity index (χ3n) is 3.22. The SMILES string of the molecule is CCOCCN(CC)CC(NC)C1CC1. The lowest BCUT2D eigenvalue weighted by Gasteiger charge is -2.26. The Hall–Kier alpha value is -0.120. The minimum atomic E-state index is 0.687. The predicted octanol–water partition coefficient (Wildman–Crippen LogP) is 1.34. The van der Waals surface area contributed by atoms with E-state index in [1.54, 1.807) is 0 Å². The van der Waals surface area contributed by atoms with Crippen LogP contribution in [-0.2, 0) is 4.74 Å². The van der Waals surface area contributed by atoms with Crippen molar-refractivity contribution < 1.29 is 4.74 Å². The zero-order valence-electron chi connectivity index (χ0n) is 10.5. The van der Waals surface area contributed by atoms with Crippen molar-refractivity contribution in [3.05, 3.63) is 0 Å². The maximum absolute atomic E-state index is 5.40. The molecule has 0 aliphatic heterocycles. The molecule has 1 N–H and O–H groups in total. The Morgan fingerprint density at radius 1 is 1.40 bits per heavy atom. The lowest BCUT2D eigenvalue weighted by molar-refractivity contribution is 0.110. The first-order valence-corrected chi connectivity index (χ1v) is 6.29. The van der Waals surface area contributed by atoms with Crippen molar-refractivity contribution in [3.63, 3.8) is 0 Å². The van der Waals surface area contributed by atoms with Gasteiger partial charge in [0.1, 0.15) is 0 Å². The van der Waals surface area contributed by atoms with Crippen LogP contribution in [0.4, 0.5) is 0 Å². The van der Waals surface area contributed by atoms with Crippen LogP contribution in [0.1, 0.15) is 26.7 Å². The van der Waals surface area contributed by atoms with Gasteiger partial charge in [-0.1, -0.05) is 6.92 Å². The van der Waals surface area contributed by atoms with Crippen molar-refractivity contribution in [2.24, 2.45) is 5.92 Å². The van der Waals surface area contributed by atoms with E-state index >= 15 is 0 Å². The van der Waals surface area contributed by atoms with E-state index in [0.717, 1.165) is 32.2 Å². The Morgan fingerprint density at radius 3 is 2.60 bits per heavy atom. The van der Waals surface area contributed by atoms with Crippen molar-refractivity contribution in [3.8, 4) is 0 Å². The van der Waals surface area contributed by atoms with Crippen molar-refractivity contribution >= 4 is 0 Å². The van der Waals surface area contributed by atoms with Crippen molar-refractivity contribution in [2.45, 2.75) is 32.7 Å². The molecule has 1 aliphatic rings. The highest BCUT2D eigenvalue weighted by atomic mass is 16.5. The van der Waals surface area contributed by atoms with E-state index in [-0.39, 0.29) is 0 Å². The number of nitrogens with one attached hydrogen (secondary N) is 1. The molecule has 0 heterocycles. The van der Waals surface area contributed by atoms with Crippen LogP contribution in [0.5, 0.6) is 0 Å². The summed E-state index contributed by atoms with van der Waals surface area (Å²) in [5.74, 6) is 0.927. The monoisotopic (exact) mass is 214 g/mol. The Morgan fingerprint density at radius 2 is 2.13 bits per heavy atom. The maximum Gasteiger partial charge on any atom is 0.0593 e. The lowest BCUT2D eigenvalue weighted by atomic mass is 10.2. The molecular weight excluding hydrogens is 188 g/mol. The zero-order chi connectivity index (χ0) is 11.1. The predicted molar refractivity (Wildman–Crippen MR) is 64.2 cm³/mol. The van der Waals surface area contributed by atoms with Crippen molar-refractivity contribution in [2.75, 3.05) is 39.9 Å². The van der Waals surface area contributed by atoms with Crippen LogP contribution in [0.3, 0.4) is 0 Å². The molecule has 0 radical (unpaired) electrons. The van der Waals surface area contributed by atoms with E-state index in [1.807, 2.05) is 0 Å². The van der Waals surface area contributed by atoms with E-state index in [2.05, 4.69) is 31.1 Å². The first kappa shape index (κ1) is 12.9. The summed E-state index contributed by atoms with van der Waals surface area (Å²) in [6.45, 7) is 9.33.